The lowest BCUT2D eigenvalue weighted by molar-refractivity contribution is -0.0180. The Morgan fingerprint density at radius 1 is 0.818 bits per heavy atom. The second-order valence-electron chi connectivity index (χ2n) is 12.8. The summed E-state index contributed by atoms with van der Waals surface area (Å²) in [7, 11) is 0. The first-order chi connectivity index (χ1) is 20.9. The van der Waals surface area contributed by atoms with Gasteiger partial charge in [0.05, 0.1) is 5.56 Å². The van der Waals surface area contributed by atoms with Crippen molar-refractivity contribution in [1.82, 2.24) is 0 Å². The summed E-state index contributed by atoms with van der Waals surface area (Å²) >= 11 is 0. The Morgan fingerprint density at radius 3 is 1.66 bits per heavy atom. The van der Waals surface area contributed by atoms with Crippen molar-refractivity contribution in [2.45, 2.75) is 92.3 Å². The minimum absolute atomic E-state index is 0.0193. The smallest absolute Gasteiger partial charge is 0.399 e. The van der Waals surface area contributed by atoms with Crippen LogP contribution in [0.4, 0.5) is 11.4 Å². The average molecular weight is 610 g/mol. The van der Waals surface area contributed by atoms with E-state index in [0.29, 0.717) is 52.3 Å². The molecule has 0 heterocycles. The van der Waals surface area contributed by atoms with Crippen molar-refractivity contribution in [3.63, 3.8) is 0 Å². The number of benzene rings is 2. The number of para-hydroxylation sites is 1. The summed E-state index contributed by atoms with van der Waals surface area (Å²) in [6.45, 7) is 13.2. The number of rotatable bonds is 6. The Morgan fingerprint density at radius 2 is 1.23 bits per heavy atom. The van der Waals surface area contributed by atoms with Gasteiger partial charge in [-0.05, 0) is 79.4 Å². The van der Waals surface area contributed by atoms with Crippen LogP contribution in [0, 0.1) is 45.8 Å². The number of anilines is 1. The monoisotopic (exact) mass is 609 g/mol. The zero-order valence-electron chi connectivity index (χ0n) is 26.9. The van der Waals surface area contributed by atoms with Gasteiger partial charge >= 0.3 is 17.6 Å². The van der Waals surface area contributed by atoms with Crippen LogP contribution in [-0.4, -0.2) is 29.4 Å². The maximum atomic E-state index is 12.4. The number of carbonyl (C=O) groups excluding carboxylic acids is 2. The van der Waals surface area contributed by atoms with Crippen LogP contribution in [0.25, 0.3) is 4.98 Å². The SMILES string of the molecule is CC1CCC(C(C)C)C(OC(=O)c2ccccc2N)C1.CC1CCC(C(C)C)C(OC(=O)c2ccccc2[N+]#N)C1.O=NO. The van der Waals surface area contributed by atoms with Crippen molar-refractivity contribution in [3.8, 4) is 0 Å². The van der Waals surface area contributed by atoms with E-state index in [1.165, 1.54) is 18.2 Å². The molecule has 2 aliphatic rings. The van der Waals surface area contributed by atoms with E-state index in [1.807, 2.05) is 12.1 Å². The highest BCUT2D eigenvalue weighted by atomic mass is 16.6. The molecule has 2 saturated carbocycles. The molecule has 0 saturated heterocycles. The third kappa shape index (κ3) is 10.6. The van der Waals surface area contributed by atoms with E-state index in [4.69, 9.17) is 30.7 Å². The Bertz CT molecular complexity index is 1260. The van der Waals surface area contributed by atoms with E-state index in [1.54, 1.807) is 36.4 Å². The molecule has 0 amide bonds. The molecule has 0 spiro atoms. The highest BCUT2D eigenvalue weighted by molar-refractivity contribution is 5.96. The van der Waals surface area contributed by atoms with Crippen LogP contribution in [-0.2, 0) is 9.47 Å². The first kappa shape index (κ1) is 36.2. The van der Waals surface area contributed by atoms with Gasteiger partial charge in [-0.25, -0.2) is 9.59 Å². The van der Waals surface area contributed by atoms with E-state index < -0.39 is 5.97 Å². The molecule has 2 aliphatic carbocycles. The largest absolute Gasteiger partial charge is 0.458 e. The topological polar surface area (TPSA) is 156 Å². The fraction of sp³-hybridized carbons (Fsp3) is 0.588. The number of ether oxygens (including phenoxy) is 2. The first-order valence-corrected chi connectivity index (χ1v) is 15.6. The van der Waals surface area contributed by atoms with E-state index in [9.17, 15) is 9.59 Å². The highest BCUT2D eigenvalue weighted by Gasteiger charge is 2.35. The average Bonchev–Trinajstić information content (AvgIpc) is 2.98. The molecule has 10 nitrogen and oxygen atoms in total. The molecule has 10 heteroatoms. The van der Waals surface area contributed by atoms with Gasteiger partial charge in [-0.3, -0.25) is 0 Å². The Kier molecular flexibility index (Phi) is 14.8. The number of nitrogens with two attached hydrogens (primary N) is 1. The van der Waals surface area contributed by atoms with Gasteiger partial charge in [-0.15, -0.1) is 4.91 Å². The van der Waals surface area contributed by atoms with Crippen molar-refractivity contribution in [3.05, 3.63) is 69.5 Å². The van der Waals surface area contributed by atoms with Gasteiger partial charge in [0.15, 0.2) is 15.9 Å². The molecule has 0 aliphatic heterocycles. The van der Waals surface area contributed by atoms with E-state index in [-0.39, 0.29) is 23.9 Å². The minimum atomic E-state index is -0.395. The molecule has 4 rings (SSSR count). The van der Waals surface area contributed by atoms with E-state index in [0.717, 1.165) is 25.7 Å². The zero-order valence-corrected chi connectivity index (χ0v) is 26.9. The van der Waals surface area contributed by atoms with Crippen LogP contribution in [0.3, 0.4) is 0 Å². The van der Waals surface area contributed by atoms with Gasteiger partial charge in [0.1, 0.15) is 12.2 Å². The number of nitrogens with zero attached hydrogens (tertiary/aromatic N) is 3. The number of carbonyl (C=O) groups is 2. The number of hydrogen-bond acceptors (Lipinski definition) is 8. The second-order valence-corrected chi connectivity index (χ2v) is 12.8. The molecule has 0 bridgehead atoms. The predicted octanol–water partition coefficient (Wildman–Crippen LogP) is 8.82. The van der Waals surface area contributed by atoms with Gasteiger partial charge in [-0.1, -0.05) is 78.6 Å². The Balaban J connectivity index is 0.000000282. The first-order valence-electron chi connectivity index (χ1n) is 15.6. The summed E-state index contributed by atoms with van der Waals surface area (Å²) in [5.74, 6) is 2.41. The lowest BCUT2D eigenvalue weighted by Crippen LogP contribution is -2.36. The second kappa shape index (κ2) is 18.0. The third-order valence-corrected chi connectivity index (χ3v) is 8.85. The highest BCUT2D eigenvalue weighted by Crippen LogP contribution is 2.37. The molecule has 44 heavy (non-hydrogen) atoms. The molecule has 2 aromatic rings. The normalized spacial score (nSPS) is 24.4. The molecule has 6 atom stereocenters. The standard InChI is InChI=1S/C17H23N2O2.C17H25NO2.HNO2/c1-11(2)13-9-8-12(3)10-16(13)21-17(20)14-6-4-5-7-15(14)19-18;1-11(2)13-9-8-12(3)10-16(13)20-17(19)14-6-4-5-7-15(14)18;2-1-3/h4-7,11-13,16H,8-10H2,1-3H3;4-7,11-13,16H,8-10,18H2,1-3H3;(H,2,3)/q+1;;. The van der Waals surface area contributed by atoms with E-state index in [2.05, 4.69) is 46.5 Å². The fourth-order valence-electron chi connectivity index (χ4n) is 6.32. The van der Waals surface area contributed by atoms with Gasteiger partial charge < -0.3 is 20.4 Å². The van der Waals surface area contributed by atoms with Crippen LogP contribution in [0.5, 0.6) is 0 Å². The predicted molar refractivity (Wildman–Crippen MR) is 171 cm³/mol. The summed E-state index contributed by atoms with van der Waals surface area (Å²) in [5, 5.41) is 16.9. The van der Waals surface area contributed by atoms with Crippen molar-refractivity contribution in [2.75, 3.05) is 5.73 Å². The molecular formula is C34H49N4O6+. The van der Waals surface area contributed by atoms with Gasteiger partial charge in [-0.2, -0.15) is 0 Å². The summed E-state index contributed by atoms with van der Waals surface area (Å²) in [5.41, 5.74) is 7.39. The molecule has 3 N–H and O–H groups in total. The summed E-state index contributed by atoms with van der Waals surface area (Å²) in [6, 6.07) is 13.8. The maximum absolute atomic E-state index is 12.4. The minimum Gasteiger partial charge on any atom is -0.458 e. The fourth-order valence-corrected chi connectivity index (χ4v) is 6.32. The molecular weight excluding hydrogens is 560 g/mol. The number of hydrogen-bond donors (Lipinski definition) is 2. The summed E-state index contributed by atoms with van der Waals surface area (Å²) in [6.07, 6.45) is 6.50. The van der Waals surface area contributed by atoms with Crippen LogP contribution in [0.2, 0.25) is 0 Å². The number of esters is 2. The Hall–Kier alpha value is -4.00. The summed E-state index contributed by atoms with van der Waals surface area (Å²) in [4.78, 5) is 35.9. The zero-order chi connectivity index (χ0) is 32.8. The lowest BCUT2D eigenvalue weighted by Gasteiger charge is -2.36. The molecule has 6 unspecified atom stereocenters. The van der Waals surface area contributed by atoms with Crippen LogP contribution < -0.4 is 5.73 Å². The van der Waals surface area contributed by atoms with Crippen LogP contribution >= 0.6 is 0 Å². The molecule has 0 aromatic heterocycles. The van der Waals surface area contributed by atoms with Crippen molar-refractivity contribution < 1.29 is 24.3 Å². The van der Waals surface area contributed by atoms with Gasteiger partial charge in [0.25, 0.3) is 0 Å². The molecule has 2 aromatic carbocycles. The molecule has 2 fully saturated rings. The number of nitrogen functional groups attached to an aromatic ring is 1. The summed E-state index contributed by atoms with van der Waals surface area (Å²) < 4.78 is 11.5. The molecule has 240 valence electrons. The Labute approximate surface area is 261 Å². The van der Waals surface area contributed by atoms with Crippen LogP contribution in [0.1, 0.15) is 101 Å². The van der Waals surface area contributed by atoms with Crippen molar-refractivity contribution in [1.29, 1.82) is 5.39 Å². The quantitative estimate of drug-likeness (QED) is 0.108. The van der Waals surface area contributed by atoms with Crippen molar-refractivity contribution in [2.24, 2.45) is 40.8 Å². The number of diazo groups is 1. The van der Waals surface area contributed by atoms with Gasteiger partial charge in [0.2, 0.25) is 5.39 Å². The van der Waals surface area contributed by atoms with Gasteiger partial charge in [0, 0.05) is 11.8 Å². The van der Waals surface area contributed by atoms with E-state index >= 15 is 0 Å². The maximum Gasteiger partial charge on any atom is 0.399 e. The molecule has 0 radical (unpaired) electrons. The van der Waals surface area contributed by atoms with Crippen LogP contribution in [0.15, 0.2) is 53.9 Å². The van der Waals surface area contributed by atoms with Crippen molar-refractivity contribution >= 4 is 23.3 Å². The lowest BCUT2D eigenvalue weighted by atomic mass is 9.75. The third-order valence-electron chi connectivity index (χ3n) is 8.85.